The third kappa shape index (κ3) is 4.65. The Labute approximate surface area is 190 Å². The maximum Gasteiger partial charge on any atom is 0.359 e. The van der Waals surface area contributed by atoms with Gasteiger partial charge in [0.2, 0.25) is 0 Å². The predicted molar refractivity (Wildman–Crippen MR) is 122 cm³/mol. The standard InChI is InChI=1S/C23H23N3O6S/c1-2-25(17-12-13-33(30,31)15-17)20(27)14-32-23(29)21-18-10-6-7-11-19(18)22(28)26(24-21)16-8-4-3-5-9-16/h3-11,17H,2,12-15H2,1H3/t17-/m1/s1. The maximum absolute atomic E-state index is 12.9. The number of nitrogens with zero attached hydrogens (tertiary/aromatic N) is 3. The number of esters is 1. The Kier molecular flexibility index (Phi) is 6.28. The first-order chi connectivity index (χ1) is 15.8. The van der Waals surface area contributed by atoms with Gasteiger partial charge in [0.1, 0.15) is 0 Å². The number of fused-ring (bicyclic) bond motifs is 1. The minimum atomic E-state index is -3.16. The van der Waals surface area contributed by atoms with Crippen LogP contribution in [0.25, 0.3) is 16.5 Å². The molecule has 33 heavy (non-hydrogen) atoms. The lowest BCUT2D eigenvalue weighted by atomic mass is 10.1. The number of carbonyl (C=O) groups is 2. The zero-order valence-electron chi connectivity index (χ0n) is 18.0. The highest BCUT2D eigenvalue weighted by molar-refractivity contribution is 7.91. The van der Waals surface area contributed by atoms with E-state index in [0.717, 1.165) is 4.68 Å². The highest BCUT2D eigenvalue weighted by atomic mass is 32.2. The van der Waals surface area contributed by atoms with Gasteiger partial charge in [-0.3, -0.25) is 9.59 Å². The Morgan fingerprint density at radius 1 is 1.09 bits per heavy atom. The van der Waals surface area contributed by atoms with Crippen LogP contribution in [0.1, 0.15) is 23.8 Å². The summed E-state index contributed by atoms with van der Waals surface area (Å²) >= 11 is 0. The number of hydrogen-bond acceptors (Lipinski definition) is 7. The van der Waals surface area contributed by atoms with E-state index in [9.17, 15) is 22.8 Å². The molecule has 0 aliphatic carbocycles. The molecule has 1 amide bonds. The van der Waals surface area contributed by atoms with Gasteiger partial charge in [-0.25, -0.2) is 13.2 Å². The van der Waals surface area contributed by atoms with Crippen LogP contribution in [0.5, 0.6) is 0 Å². The van der Waals surface area contributed by atoms with Crippen molar-refractivity contribution >= 4 is 32.5 Å². The molecular formula is C23H23N3O6S. The molecule has 1 aromatic heterocycles. The van der Waals surface area contributed by atoms with E-state index in [1.807, 2.05) is 0 Å². The number of para-hydroxylation sites is 1. The normalized spacial score (nSPS) is 17.1. The van der Waals surface area contributed by atoms with E-state index >= 15 is 0 Å². The van der Waals surface area contributed by atoms with E-state index in [1.165, 1.54) is 4.90 Å². The SMILES string of the molecule is CCN(C(=O)COC(=O)c1nn(-c2ccccc2)c(=O)c2ccccc12)[C@@H]1CCS(=O)(=O)C1. The summed E-state index contributed by atoms with van der Waals surface area (Å²) in [5.74, 6) is -1.37. The van der Waals surface area contributed by atoms with Crippen molar-refractivity contribution in [2.24, 2.45) is 0 Å². The zero-order valence-corrected chi connectivity index (χ0v) is 18.8. The molecule has 0 spiro atoms. The van der Waals surface area contributed by atoms with Crippen molar-refractivity contribution in [2.45, 2.75) is 19.4 Å². The minimum absolute atomic E-state index is 0.0399. The number of amides is 1. The summed E-state index contributed by atoms with van der Waals surface area (Å²) in [5.41, 5.74) is 0.00959. The van der Waals surface area contributed by atoms with Gasteiger partial charge in [0.25, 0.3) is 11.5 Å². The van der Waals surface area contributed by atoms with Crippen molar-refractivity contribution < 1.29 is 22.7 Å². The second kappa shape index (κ2) is 9.14. The maximum atomic E-state index is 12.9. The monoisotopic (exact) mass is 469 g/mol. The third-order valence-electron chi connectivity index (χ3n) is 5.64. The lowest BCUT2D eigenvalue weighted by Gasteiger charge is -2.26. The Morgan fingerprint density at radius 3 is 2.39 bits per heavy atom. The van der Waals surface area contributed by atoms with Gasteiger partial charge in [-0.15, -0.1) is 0 Å². The number of aromatic nitrogens is 2. The minimum Gasteiger partial charge on any atom is -0.451 e. The Hall–Kier alpha value is -3.53. The first-order valence-electron chi connectivity index (χ1n) is 10.5. The molecular weight excluding hydrogens is 446 g/mol. The van der Waals surface area contributed by atoms with Crippen molar-refractivity contribution in [1.82, 2.24) is 14.7 Å². The van der Waals surface area contributed by atoms with Crippen molar-refractivity contribution in [2.75, 3.05) is 24.7 Å². The number of rotatable bonds is 6. The first-order valence-corrected chi connectivity index (χ1v) is 12.4. The molecule has 3 aromatic rings. The number of hydrogen-bond donors (Lipinski definition) is 0. The van der Waals surface area contributed by atoms with Crippen LogP contribution < -0.4 is 5.56 Å². The van der Waals surface area contributed by atoms with E-state index in [2.05, 4.69) is 5.10 Å². The quantitative estimate of drug-likeness (QED) is 0.503. The highest BCUT2D eigenvalue weighted by Gasteiger charge is 2.34. The van der Waals surface area contributed by atoms with Crippen LogP contribution in [0.3, 0.4) is 0 Å². The van der Waals surface area contributed by atoms with E-state index in [0.29, 0.717) is 29.4 Å². The molecule has 172 valence electrons. The Morgan fingerprint density at radius 2 is 1.76 bits per heavy atom. The number of benzene rings is 2. The summed E-state index contributed by atoms with van der Waals surface area (Å²) in [6.45, 7) is 1.50. The molecule has 4 rings (SSSR count). The molecule has 2 aromatic carbocycles. The van der Waals surface area contributed by atoms with E-state index < -0.39 is 34.4 Å². The molecule has 9 nitrogen and oxygen atoms in total. The third-order valence-corrected chi connectivity index (χ3v) is 7.39. The predicted octanol–water partition coefficient (Wildman–Crippen LogP) is 1.58. The van der Waals surface area contributed by atoms with E-state index in [-0.39, 0.29) is 22.8 Å². The lowest BCUT2D eigenvalue weighted by molar-refractivity contribution is -0.136. The second-order valence-corrected chi connectivity index (χ2v) is 9.99. The first kappa shape index (κ1) is 22.7. The van der Waals surface area contributed by atoms with Crippen molar-refractivity contribution in [3.8, 4) is 5.69 Å². The summed E-state index contributed by atoms with van der Waals surface area (Å²) in [6.07, 6.45) is 0.365. The molecule has 1 fully saturated rings. The van der Waals surface area contributed by atoms with Crippen LogP contribution in [-0.4, -0.2) is 65.7 Å². The van der Waals surface area contributed by atoms with Gasteiger partial charge in [0.15, 0.2) is 22.1 Å². The summed E-state index contributed by atoms with van der Waals surface area (Å²) in [5, 5.41) is 4.85. The van der Waals surface area contributed by atoms with Gasteiger partial charge >= 0.3 is 5.97 Å². The van der Waals surface area contributed by atoms with Crippen LogP contribution in [0.15, 0.2) is 59.4 Å². The van der Waals surface area contributed by atoms with Crippen LogP contribution in [0, 0.1) is 0 Å². The van der Waals surface area contributed by atoms with Crippen LogP contribution >= 0.6 is 0 Å². The molecule has 0 radical (unpaired) electrons. The molecule has 1 aliphatic rings. The van der Waals surface area contributed by atoms with Gasteiger partial charge in [-0.05, 0) is 31.5 Å². The topological polar surface area (TPSA) is 116 Å². The van der Waals surface area contributed by atoms with Crippen LogP contribution in [0.4, 0.5) is 0 Å². The Bertz CT molecular complexity index is 1370. The summed E-state index contributed by atoms with van der Waals surface area (Å²) in [4.78, 5) is 40.0. The molecule has 0 N–H and O–H groups in total. The fraction of sp³-hybridized carbons (Fsp3) is 0.304. The smallest absolute Gasteiger partial charge is 0.359 e. The molecule has 1 saturated heterocycles. The van der Waals surface area contributed by atoms with Gasteiger partial charge in [0.05, 0.1) is 22.6 Å². The molecule has 1 atom stereocenters. The average molecular weight is 470 g/mol. The van der Waals surface area contributed by atoms with Crippen LogP contribution in [-0.2, 0) is 19.4 Å². The molecule has 2 heterocycles. The molecule has 0 unspecified atom stereocenters. The largest absolute Gasteiger partial charge is 0.451 e. The van der Waals surface area contributed by atoms with Crippen molar-refractivity contribution in [1.29, 1.82) is 0 Å². The zero-order chi connectivity index (χ0) is 23.6. The Balaban J connectivity index is 1.60. The van der Waals surface area contributed by atoms with E-state index in [1.54, 1.807) is 61.5 Å². The molecule has 0 saturated carbocycles. The average Bonchev–Trinajstić information content (AvgIpc) is 3.18. The summed E-state index contributed by atoms with van der Waals surface area (Å²) in [7, 11) is -3.16. The fourth-order valence-electron chi connectivity index (χ4n) is 4.02. The van der Waals surface area contributed by atoms with E-state index in [4.69, 9.17) is 4.74 Å². The van der Waals surface area contributed by atoms with Crippen molar-refractivity contribution in [3.05, 3.63) is 70.6 Å². The summed E-state index contributed by atoms with van der Waals surface area (Å²) in [6, 6.07) is 14.8. The van der Waals surface area contributed by atoms with Gasteiger partial charge in [0, 0.05) is 18.0 Å². The second-order valence-electron chi connectivity index (χ2n) is 7.76. The molecule has 1 aliphatic heterocycles. The van der Waals surface area contributed by atoms with Crippen molar-refractivity contribution in [3.63, 3.8) is 0 Å². The number of likely N-dealkylation sites (N-methyl/N-ethyl adjacent to an activating group) is 1. The highest BCUT2D eigenvalue weighted by Crippen LogP contribution is 2.19. The molecule has 0 bridgehead atoms. The van der Waals surface area contributed by atoms with Gasteiger partial charge < -0.3 is 9.64 Å². The summed E-state index contributed by atoms with van der Waals surface area (Å²) < 4.78 is 29.9. The fourth-order valence-corrected chi connectivity index (χ4v) is 5.75. The lowest BCUT2D eigenvalue weighted by Crippen LogP contribution is -2.43. The molecule has 10 heteroatoms. The number of carbonyl (C=O) groups excluding carboxylic acids is 2. The van der Waals surface area contributed by atoms with Gasteiger partial charge in [-0.1, -0.05) is 36.4 Å². The number of ether oxygens (including phenoxy) is 1. The van der Waals surface area contributed by atoms with Crippen LogP contribution in [0.2, 0.25) is 0 Å². The number of sulfone groups is 1. The van der Waals surface area contributed by atoms with Gasteiger partial charge in [-0.2, -0.15) is 9.78 Å².